The Bertz CT molecular complexity index is 882. The first kappa shape index (κ1) is 22.5. The number of aromatic nitrogens is 1. The van der Waals surface area contributed by atoms with E-state index in [4.69, 9.17) is 0 Å². The minimum absolute atomic E-state index is 0.0208. The van der Waals surface area contributed by atoms with Crippen molar-refractivity contribution in [3.8, 4) is 10.4 Å². The maximum Gasteiger partial charge on any atom is 0.321 e. The summed E-state index contributed by atoms with van der Waals surface area (Å²) in [5.41, 5.74) is 2.15. The number of Topliss-reactive ketones (excluding diaryl/α,β-unsaturated/α-hetero) is 1. The molecular weight excluding hydrogens is 388 g/mol. The van der Waals surface area contributed by atoms with Gasteiger partial charge in [0.15, 0.2) is 10.9 Å². The van der Waals surface area contributed by atoms with Gasteiger partial charge in [-0.3, -0.25) is 14.9 Å². The van der Waals surface area contributed by atoms with Gasteiger partial charge in [-0.1, -0.05) is 35.6 Å². The Labute approximate surface area is 175 Å². The van der Waals surface area contributed by atoms with Crippen LogP contribution in [-0.2, 0) is 4.79 Å². The molecule has 8 heteroatoms. The molecule has 7 nitrogen and oxygen atoms in total. The van der Waals surface area contributed by atoms with E-state index in [9.17, 15) is 14.4 Å². The number of ketones is 1. The highest BCUT2D eigenvalue weighted by molar-refractivity contribution is 7.19. The summed E-state index contributed by atoms with van der Waals surface area (Å²) >= 11 is 1.37. The summed E-state index contributed by atoms with van der Waals surface area (Å²) < 4.78 is 0. The standard InChI is InChI=1S/C21H28N4O3S/c1-13-18(16-10-8-15(9-11-16)14(2)26)29-20(23-13)24-19(28)22-12-6-7-17(27)25-21(3,4)5/h8-11H,6-7,12H2,1-5H3,(H,25,27)(H2,22,23,24,28). The zero-order valence-corrected chi connectivity index (χ0v) is 18.3. The minimum atomic E-state index is -0.353. The fourth-order valence-electron chi connectivity index (χ4n) is 2.65. The van der Waals surface area contributed by atoms with Crippen LogP contribution in [0.4, 0.5) is 9.93 Å². The van der Waals surface area contributed by atoms with E-state index >= 15 is 0 Å². The number of hydrogen-bond donors (Lipinski definition) is 3. The van der Waals surface area contributed by atoms with Gasteiger partial charge in [0, 0.05) is 24.1 Å². The van der Waals surface area contributed by atoms with Crippen molar-refractivity contribution in [1.82, 2.24) is 15.6 Å². The van der Waals surface area contributed by atoms with Gasteiger partial charge in [-0.2, -0.15) is 0 Å². The Morgan fingerprint density at radius 1 is 1.10 bits per heavy atom. The predicted octanol–water partition coefficient (Wildman–Crippen LogP) is 4.14. The van der Waals surface area contributed by atoms with Crippen LogP contribution in [-0.4, -0.2) is 34.8 Å². The third-order valence-corrected chi connectivity index (χ3v) is 5.07. The van der Waals surface area contributed by atoms with E-state index in [0.717, 1.165) is 16.1 Å². The lowest BCUT2D eigenvalue weighted by Crippen LogP contribution is -2.40. The quantitative estimate of drug-likeness (QED) is 0.466. The van der Waals surface area contributed by atoms with E-state index in [1.54, 1.807) is 12.1 Å². The van der Waals surface area contributed by atoms with Crippen molar-refractivity contribution in [3.63, 3.8) is 0 Å². The minimum Gasteiger partial charge on any atom is -0.352 e. The summed E-state index contributed by atoms with van der Waals surface area (Å²) in [6.07, 6.45) is 0.911. The molecule has 0 aliphatic carbocycles. The number of hydrogen-bond acceptors (Lipinski definition) is 5. The van der Waals surface area contributed by atoms with Crippen molar-refractivity contribution >= 4 is 34.2 Å². The zero-order valence-electron chi connectivity index (χ0n) is 17.5. The lowest BCUT2D eigenvalue weighted by Gasteiger charge is -2.20. The highest BCUT2D eigenvalue weighted by atomic mass is 32.1. The molecule has 2 rings (SSSR count). The Kier molecular flexibility index (Phi) is 7.50. The molecule has 0 saturated carbocycles. The molecule has 0 radical (unpaired) electrons. The van der Waals surface area contributed by atoms with Crippen LogP contribution in [0.25, 0.3) is 10.4 Å². The van der Waals surface area contributed by atoms with Crippen LogP contribution in [0.3, 0.4) is 0 Å². The number of benzene rings is 1. The Morgan fingerprint density at radius 3 is 2.34 bits per heavy atom. The van der Waals surface area contributed by atoms with E-state index in [0.29, 0.717) is 30.1 Å². The molecule has 156 valence electrons. The molecule has 0 spiro atoms. The van der Waals surface area contributed by atoms with Crippen LogP contribution in [0.15, 0.2) is 24.3 Å². The number of carbonyl (C=O) groups is 3. The van der Waals surface area contributed by atoms with Crippen LogP contribution in [0.2, 0.25) is 0 Å². The average Bonchev–Trinajstić information content (AvgIpc) is 2.97. The summed E-state index contributed by atoms with van der Waals surface area (Å²) in [6, 6.07) is 6.97. The number of nitrogens with zero attached hydrogens (tertiary/aromatic N) is 1. The van der Waals surface area contributed by atoms with Crippen molar-refractivity contribution < 1.29 is 14.4 Å². The van der Waals surface area contributed by atoms with Crippen molar-refractivity contribution in [2.75, 3.05) is 11.9 Å². The highest BCUT2D eigenvalue weighted by Gasteiger charge is 2.14. The van der Waals surface area contributed by atoms with Gasteiger partial charge >= 0.3 is 6.03 Å². The fraction of sp³-hybridized carbons (Fsp3) is 0.429. The van der Waals surface area contributed by atoms with Gasteiger partial charge in [-0.25, -0.2) is 9.78 Å². The Morgan fingerprint density at radius 2 is 1.76 bits per heavy atom. The summed E-state index contributed by atoms with van der Waals surface area (Å²) in [5, 5.41) is 8.85. The van der Waals surface area contributed by atoms with Gasteiger partial charge < -0.3 is 10.6 Å². The van der Waals surface area contributed by atoms with Crippen LogP contribution in [0.5, 0.6) is 0 Å². The molecule has 0 unspecified atom stereocenters. The third-order valence-electron chi connectivity index (χ3n) is 3.95. The number of aryl methyl sites for hydroxylation is 1. The lowest BCUT2D eigenvalue weighted by molar-refractivity contribution is -0.122. The largest absolute Gasteiger partial charge is 0.352 e. The van der Waals surface area contributed by atoms with Crippen molar-refractivity contribution in [2.24, 2.45) is 0 Å². The fourth-order valence-corrected chi connectivity index (χ4v) is 3.61. The molecule has 2 aromatic rings. The van der Waals surface area contributed by atoms with Gasteiger partial charge in [-0.05, 0) is 46.6 Å². The second-order valence-corrected chi connectivity index (χ2v) is 8.85. The number of thiazole rings is 1. The van der Waals surface area contributed by atoms with Crippen molar-refractivity contribution in [1.29, 1.82) is 0 Å². The van der Waals surface area contributed by atoms with Crippen LogP contribution in [0, 0.1) is 6.92 Å². The third kappa shape index (κ3) is 7.30. The van der Waals surface area contributed by atoms with E-state index < -0.39 is 0 Å². The molecule has 3 amide bonds. The van der Waals surface area contributed by atoms with Gasteiger partial charge in [0.25, 0.3) is 0 Å². The molecule has 0 aliphatic rings. The summed E-state index contributed by atoms with van der Waals surface area (Å²) in [7, 11) is 0. The molecular formula is C21H28N4O3S. The second kappa shape index (κ2) is 9.65. The number of anilines is 1. The first-order chi connectivity index (χ1) is 13.5. The van der Waals surface area contributed by atoms with Gasteiger partial charge in [0.05, 0.1) is 10.6 Å². The molecule has 1 heterocycles. The predicted molar refractivity (Wildman–Crippen MR) is 116 cm³/mol. The number of urea groups is 1. The summed E-state index contributed by atoms with van der Waals surface area (Å²) in [4.78, 5) is 40.6. The molecule has 29 heavy (non-hydrogen) atoms. The van der Waals surface area contributed by atoms with Gasteiger partial charge in [-0.15, -0.1) is 0 Å². The molecule has 0 saturated heterocycles. The molecule has 0 bridgehead atoms. The maximum atomic E-state index is 12.1. The SMILES string of the molecule is CC(=O)c1ccc(-c2sc(NC(=O)NCCCC(=O)NC(C)(C)C)nc2C)cc1. The normalized spacial score (nSPS) is 11.1. The van der Waals surface area contributed by atoms with Gasteiger partial charge in [0.2, 0.25) is 5.91 Å². The number of carbonyl (C=O) groups excluding carboxylic acids is 3. The monoisotopic (exact) mass is 416 g/mol. The lowest BCUT2D eigenvalue weighted by atomic mass is 10.1. The van der Waals surface area contributed by atoms with Crippen LogP contribution in [0.1, 0.15) is 56.6 Å². The Balaban J connectivity index is 1.85. The molecule has 0 atom stereocenters. The Hall–Kier alpha value is -2.74. The highest BCUT2D eigenvalue weighted by Crippen LogP contribution is 2.32. The van der Waals surface area contributed by atoms with Crippen LogP contribution < -0.4 is 16.0 Å². The van der Waals surface area contributed by atoms with Crippen LogP contribution >= 0.6 is 11.3 Å². The van der Waals surface area contributed by atoms with Gasteiger partial charge in [0.1, 0.15) is 0 Å². The van der Waals surface area contributed by atoms with E-state index in [-0.39, 0.29) is 23.3 Å². The molecule has 0 aliphatic heterocycles. The first-order valence-electron chi connectivity index (χ1n) is 9.50. The van der Waals surface area contributed by atoms with E-state index in [1.807, 2.05) is 39.8 Å². The van der Waals surface area contributed by atoms with E-state index in [2.05, 4.69) is 20.9 Å². The van der Waals surface area contributed by atoms with Crippen molar-refractivity contribution in [3.05, 3.63) is 35.5 Å². The molecule has 3 N–H and O–H groups in total. The average molecular weight is 417 g/mol. The van der Waals surface area contributed by atoms with Crippen molar-refractivity contribution in [2.45, 2.75) is 53.0 Å². The zero-order chi connectivity index (χ0) is 21.6. The second-order valence-electron chi connectivity index (χ2n) is 7.85. The molecule has 1 aromatic carbocycles. The summed E-state index contributed by atoms with van der Waals surface area (Å²) in [6.45, 7) is 9.59. The number of nitrogens with one attached hydrogen (secondary N) is 3. The first-order valence-corrected chi connectivity index (χ1v) is 10.3. The molecule has 0 fully saturated rings. The molecule has 1 aromatic heterocycles. The smallest absolute Gasteiger partial charge is 0.321 e. The van der Waals surface area contributed by atoms with E-state index in [1.165, 1.54) is 18.3 Å². The maximum absolute atomic E-state index is 12.1. The summed E-state index contributed by atoms with van der Waals surface area (Å²) in [5.74, 6) is -0.0109. The topological polar surface area (TPSA) is 100 Å². The number of rotatable bonds is 7. The number of amides is 3.